The van der Waals surface area contributed by atoms with E-state index in [9.17, 15) is 5.11 Å². The van der Waals surface area contributed by atoms with Crippen molar-refractivity contribution in [2.75, 3.05) is 13.1 Å². The van der Waals surface area contributed by atoms with Gasteiger partial charge < -0.3 is 5.11 Å². The molecule has 2 aromatic rings. The molecule has 0 saturated carbocycles. The van der Waals surface area contributed by atoms with Gasteiger partial charge in [0, 0.05) is 30.5 Å². The van der Waals surface area contributed by atoms with Gasteiger partial charge in [-0.1, -0.05) is 18.2 Å². The highest BCUT2D eigenvalue weighted by molar-refractivity contribution is 5.63. The number of aliphatic hydroxyl groups is 1. The quantitative estimate of drug-likeness (QED) is 0.926. The van der Waals surface area contributed by atoms with Gasteiger partial charge in [-0.15, -0.1) is 0 Å². The molecule has 1 aliphatic heterocycles. The molecule has 2 unspecified atom stereocenters. The monoisotopic (exact) mass is 309 g/mol. The summed E-state index contributed by atoms with van der Waals surface area (Å²) in [6.07, 6.45) is 10.7. The molecule has 120 valence electrons. The number of piperidine rings is 1. The Hall–Kier alpha value is -1.78. The average molecular weight is 309 g/mol. The van der Waals surface area contributed by atoms with E-state index in [0.717, 1.165) is 44.3 Å². The van der Waals surface area contributed by atoms with Crippen molar-refractivity contribution >= 4 is 0 Å². The van der Waals surface area contributed by atoms with E-state index in [1.807, 2.05) is 12.4 Å². The van der Waals surface area contributed by atoms with Crippen LogP contribution in [0, 0.1) is 0 Å². The van der Waals surface area contributed by atoms with Crippen molar-refractivity contribution in [3.05, 3.63) is 48.0 Å². The number of aliphatic hydroxyl groups excluding tert-OH is 1. The third kappa shape index (κ3) is 3.14. The third-order valence-corrected chi connectivity index (χ3v) is 5.25. The lowest BCUT2D eigenvalue weighted by molar-refractivity contribution is 0.0427. The minimum atomic E-state index is -0.134. The van der Waals surface area contributed by atoms with E-state index >= 15 is 0 Å². The van der Waals surface area contributed by atoms with Crippen LogP contribution in [0.1, 0.15) is 30.4 Å². The number of rotatable bonds is 2. The predicted molar refractivity (Wildman–Crippen MR) is 90.1 cm³/mol. The van der Waals surface area contributed by atoms with Crippen LogP contribution in [0.3, 0.4) is 0 Å². The second-order valence-electron chi connectivity index (χ2n) is 6.80. The van der Waals surface area contributed by atoms with E-state index in [1.165, 1.54) is 23.1 Å². The smallest absolute Gasteiger partial charge is 0.115 e. The number of likely N-dealkylation sites (tertiary alicyclic amines) is 1. The summed E-state index contributed by atoms with van der Waals surface area (Å²) >= 11 is 0. The lowest BCUT2D eigenvalue weighted by atomic mass is 9.85. The van der Waals surface area contributed by atoms with Crippen LogP contribution in [0.4, 0.5) is 0 Å². The largest absolute Gasteiger partial charge is 0.392 e. The summed E-state index contributed by atoms with van der Waals surface area (Å²) in [7, 11) is 0. The summed E-state index contributed by atoms with van der Waals surface area (Å²) in [4.78, 5) is 10.7. The maximum atomic E-state index is 9.91. The fourth-order valence-corrected chi connectivity index (χ4v) is 3.99. The van der Waals surface area contributed by atoms with Gasteiger partial charge >= 0.3 is 0 Å². The number of benzene rings is 1. The molecule has 2 atom stereocenters. The molecule has 23 heavy (non-hydrogen) atoms. The van der Waals surface area contributed by atoms with Crippen LogP contribution in [-0.4, -0.2) is 45.2 Å². The molecule has 2 heterocycles. The minimum Gasteiger partial charge on any atom is -0.392 e. The summed E-state index contributed by atoms with van der Waals surface area (Å²) in [6, 6.07) is 7.34. The van der Waals surface area contributed by atoms with Crippen molar-refractivity contribution in [3.63, 3.8) is 0 Å². The molecule has 0 amide bonds. The van der Waals surface area contributed by atoms with E-state index in [-0.39, 0.29) is 6.10 Å². The van der Waals surface area contributed by atoms with Crippen molar-refractivity contribution in [3.8, 4) is 11.1 Å². The Morgan fingerprint density at radius 3 is 2.74 bits per heavy atom. The maximum absolute atomic E-state index is 9.91. The van der Waals surface area contributed by atoms with Crippen molar-refractivity contribution < 1.29 is 5.11 Å². The van der Waals surface area contributed by atoms with Crippen molar-refractivity contribution in [1.29, 1.82) is 0 Å². The molecule has 0 radical (unpaired) electrons. The van der Waals surface area contributed by atoms with Crippen LogP contribution in [0.2, 0.25) is 0 Å². The van der Waals surface area contributed by atoms with Gasteiger partial charge in [-0.05, 0) is 55.3 Å². The summed E-state index contributed by atoms with van der Waals surface area (Å²) < 4.78 is 0. The molecule has 1 saturated heterocycles. The summed E-state index contributed by atoms with van der Waals surface area (Å²) in [6.45, 7) is 1.98. The topological polar surface area (TPSA) is 49.2 Å². The highest BCUT2D eigenvalue weighted by atomic mass is 16.3. The zero-order valence-corrected chi connectivity index (χ0v) is 13.4. The Balaban J connectivity index is 1.52. The number of fused-ring (bicyclic) bond motifs is 1. The first-order chi connectivity index (χ1) is 11.3. The SMILES string of the molecule is OC1CCCN(C2CCc3cc(-c4cncnc4)ccc3C2)C1. The van der Waals surface area contributed by atoms with E-state index < -0.39 is 0 Å². The molecule has 1 fully saturated rings. The molecule has 0 spiro atoms. The van der Waals surface area contributed by atoms with Gasteiger partial charge in [-0.2, -0.15) is 0 Å². The molecule has 2 aliphatic rings. The van der Waals surface area contributed by atoms with Gasteiger partial charge in [0.15, 0.2) is 0 Å². The van der Waals surface area contributed by atoms with E-state index in [2.05, 4.69) is 33.1 Å². The van der Waals surface area contributed by atoms with Crippen molar-refractivity contribution in [1.82, 2.24) is 14.9 Å². The second-order valence-corrected chi connectivity index (χ2v) is 6.80. The summed E-state index contributed by atoms with van der Waals surface area (Å²) in [5.41, 5.74) is 5.20. The maximum Gasteiger partial charge on any atom is 0.115 e. The van der Waals surface area contributed by atoms with Gasteiger partial charge in [0.1, 0.15) is 6.33 Å². The highest BCUT2D eigenvalue weighted by Crippen LogP contribution is 2.30. The molecule has 1 aliphatic carbocycles. The molecular formula is C19H23N3O. The number of hydrogen-bond acceptors (Lipinski definition) is 4. The standard InChI is InChI=1S/C19H23N3O/c23-19-2-1-7-22(12-19)18-6-5-14-8-15(3-4-16(14)9-18)17-10-20-13-21-11-17/h3-4,8,10-11,13,18-19,23H,1-2,5-7,9,12H2. The van der Waals surface area contributed by atoms with Crippen LogP contribution < -0.4 is 0 Å². The highest BCUT2D eigenvalue weighted by Gasteiger charge is 2.28. The Morgan fingerprint density at radius 2 is 1.91 bits per heavy atom. The number of β-amino-alcohol motifs (C(OH)–C–C–N with tert-alkyl or cyclic N) is 1. The number of aromatic nitrogens is 2. The molecule has 0 bridgehead atoms. The van der Waals surface area contributed by atoms with Gasteiger partial charge in [0.05, 0.1) is 6.10 Å². The predicted octanol–water partition coefficient (Wildman–Crippen LogP) is 2.46. The molecule has 1 N–H and O–H groups in total. The molecule has 4 heteroatoms. The second kappa shape index (κ2) is 6.38. The third-order valence-electron chi connectivity index (χ3n) is 5.25. The number of nitrogens with zero attached hydrogens (tertiary/aromatic N) is 3. The first-order valence-electron chi connectivity index (χ1n) is 8.59. The Bertz CT molecular complexity index is 674. The van der Waals surface area contributed by atoms with Gasteiger partial charge in [-0.25, -0.2) is 9.97 Å². The van der Waals surface area contributed by atoms with Crippen molar-refractivity contribution in [2.24, 2.45) is 0 Å². The van der Waals surface area contributed by atoms with Gasteiger partial charge in [-0.3, -0.25) is 4.90 Å². The molecule has 4 nitrogen and oxygen atoms in total. The zero-order chi connectivity index (χ0) is 15.6. The summed E-state index contributed by atoms with van der Waals surface area (Å²) in [5.74, 6) is 0. The lowest BCUT2D eigenvalue weighted by Gasteiger charge is -2.39. The first kappa shape index (κ1) is 14.8. The molecular weight excluding hydrogens is 286 g/mol. The van der Waals surface area contributed by atoms with Crippen LogP contribution in [0.15, 0.2) is 36.9 Å². The van der Waals surface area contributed by atoms with Crippen LogP contribution in [0.5, 0.6) is 0 Å². The van der Waals surface area contributed by atoms with Crippen LogP contribution in [0.25, 0.3) is 11.1 Å². The normalized spacial score (nSPS) is 25.1. The summed E-state index contributed by atoms with van der Waals surface area (Å²) in [5, 5.41) is 9.91. The number of hydrogen-bond donors (Lipinski definition) is 1. The Morgan fingerprint density at radius 1 is 1.04 bits per heavy atom. The lowest BCUT2D eigenvalue weighted by Crippen LogP contribution is -2.46. The van der Waals surface area contributed by atoms with E-state index in [1.54, 1.807) is 6.33 Å². The molecule has 4 rings (SSSR count). The fraction of sp³-hybridized carbons (Fsp3) is 0.474. The van der Waals surface area contributed by atoms with E-state index in [0.29, 0.717) is 6.04 Å². The van der Waals surface area contributed by atoms with Gasteiger partial charge in [0.25, 0.3) is 0 Å². The van der Waals surface area contributed by atoms with Crippen LogP contribution >= 0.6 is 0 Å². The van der Waals surface area contributed by atoms with Crippen molar-refractivity contribution in [2.45, 2.75) is 44.2 Å². The molecule has 1 aromatic carbocycles. The molecule has 1 aromatic heterocycles. The Kier molecular flexibility index (Phi) is 4.10. The number of aryl methyl sites for hydroxylation is 1. The fourth-order valence-electron chi connectivity index (χ4n) is 3.99. The zero-order valence-electron chi connectivity index (χ0n) is 13.4. The van der Waals surface area contributed by atoms with E-state index in [4.69, 9.17) is 0 Å². The van der Waals surface area contributed by atoms with Crippen LogP contribution in [-0.2, 0) is 12.8 Å². The first-order valence-corrected chi connectivity index (χ1v) is 8.59. The minimum absolute atomic E-state index is 0.134. The Labute approximate surface area is 137 Å². The average Bonchev–Trinajstić information content (AvgIpc) is 2.61. The van der Waals surface area contributed by atoms with Gasteiger partial charge in [0.2, 0.25) is 0 Å².